The Labute approximate surface area is 107 Å². The number of aryl methyl sites for hydroxylation is 1. The van der Waals surface area contributed by atoms with E-state index >= 15 is 0 Å². The molecule has 0 unspecified atom stereocenters. The van der Waals surface area contributed by atoms with Crippen molar-refractivity contribution in [1.82, 2.24) is 9.55 Å². The summed E-state index contributed by atoms with van der Waals surface area (Å²) in [5, 5.41) is 8.93. The van der Waals surface area contributed by atoms with Crippen LogP contribution in [0.1, 0.15) is 18.4 Å². The number of para-hydroxylation sites is 1. The van der Waals surface area contributed by atoms with Crippen molar-refractivity contribution in [3.63, 3.8) is 0 Å². The molecule has 2 aromatic rings. The number of rotatable bonds is 3. The number of halogens is 3. The normalized spacial score (nSPS) is 11.7. The molecule has 2 rings (SSSR count). The van der Waals surface area contributed by atoms with Crippen LogP contribution in [-0.2, 0) is 6.54 Å². The first-order valence-corrected chi connectivity index (χ1v) is 5.64. The summed E-state index contributed by atoms with van der Waals surface area (Å²) in [5.74, 6) is 0.125. The first kappa shape index (κ1) is 13.2. The van der Waals surface area contributed by atoms with E-state index in [1.54, 1.807) is 18.2 Å². The molecule has 0 aliphatic rings. The van der Waals surface area contributed by atoms with Gasteiger partial charge >= 0.3 is 6.18 Å². The lowest BCUT2D eigenvalue weighted by Crippen LogP contribution is -2.10. The summed E-state index contributed by atoms with van der Waals surface area (Å²) in [6, 6.07) is 6.91. The molecule has 4 nitrogen and oxygen atoms in total. The average Bonchev–Trinajstić information content (AvgIpc) is 2.64. The van der Waals surface area contributed by atoms with E-state index in [1.807, 2.05) is 6.07 Å². The van der Waals surface area contributed by atoms with Gasteiger partial charge in [-0.1, -0.05) is 6.07 Å². The number of hydrogen-bond acceptors (Lipinski definition) is 3. The molecule has 7 heteroatoms. The van der Waals surface area contributed by atoms with Gasteiger partial charge in [-0.2, -0.15) is 18.4 Å². The minimum absolute atomic E-state index is 0.0735. The molecule has 1 heterocycles. The second-order valence-electron chi connectivity index (χ2n) is 4.13. The Balaban J connectivity index is 2.29. The van der Waals surface area contributed by atoms with Gasteiger partial charge in [0, 0.05) is 13.0 Å². The van der Waals surface area contributed by atoms with Crippen molar-refractivity contribution in [3.8, 4) is 6.07 Å². The van der Waals surface area contributed by atoms with Gasteiger partial charge in [-0.05, 0) is 18.6 Å². The minimum atomic E-state index is -4.18. The highest BCUT2D eigenvalue weighted by atomic mass is 19.4. The maximum absolute atomic E-state index is 12.1. The van der Waals surface area contributed by atoms with Gasteiger partial charge in [-0.3, -0.25) is 0 Å². The van der Waals surface area contributed by atoms with Crippen molar-refractivity contribution >= 4 is 17.0 Å². The monoisotopic (exact) mass is 268 g/mol. The highest BCUT2D eigenvalue weighted by molar-refractivity contribution is 5.83. The summed E-state index contributed by atoms with van der Waals surface area (Å²) in [6.07, 6.45) is -5.12. The smallest absolute Gasteiger partial charge is 0.369 e. The number of fused-ring (bicyclic) bond motifs is 1. The Hall–Kier alpha value is -2.23. The SMILES string of the molecule is N#Cc1cccc2c1nc(N)n2CCCC(F)(F)F. The molecule has 0 atom stereocenters. The summed E-state index contributed by atoms with van der Waals surface area (Å²) in [5.41, 5.74) is 7.06. The third-order valence-corrected chi connectivity index (χ3v) is 2.77. The van der Waals surface area contributed by atoms with Crippen molar-refractivity contribution in [3.05, 3.63) is 23.8 Å². The maximum atomic E-state index is 12.1. The summed E-state index contributed by atoms with van der Waals surface area (Å²) in [4.78, 5) is 4.04. The molecule has 1 aromatic carbocycles. The van der Waals surface area contributed by atoms with Gasteiger partial charge < -0.3 is 10.3 Å². The second-order valence-corrected chi connectivity index (χ2v) is 4.13. The Bertz CT molecular complexity index is 637. The molecular weight excluding hydrogens is 257 g/mol. The number of benzene rings is 1. The van der Waals surface area contributed by atoms with E-state index in [0.29, 0.717) is 16.6 Å². The molecule has 19 heavy (non-hydrogen) atoms. The molecule has 0 amide bonds. The Morgan fingerprint density at radius 2 is 2.11 bits per heavy atom. The quantitative estimate of drug-likeness (QED) is 0.930. The van der Waals surface area contributed by atoms with Crippen LogP contribution in [0.4, 0.5) is 19.1 Å². The van der Waals surface area contributed by atoms with Gasteiger partial charge in [0.1, 0.15) is 11.6 Å². The number of hydrogen-bond donors (Lipinski definition) is 1. The van der Waals surface area contributed by atoms with Gasteiger partial charge in [0.25, 0.3) is 0 Å². The van der Waals surface area contributed by atoms with Crippen molar-refractivity contribution in [2.75, 3.05) is 5.73 Å². The lowest BCUT2D eigenvalue weighted by atomic mass is 10.2. The predicted octanol–water partition coefficient (Wildman–Crippen LogP) is 2.83. The lowest BCUT2D eigenvalue weighted by Gasteiger charge is -2.08. The molecule has 0 radical (unpaired) electrons. The van der Waals surface area contributed by atoms with Gasteiger partial charge in [0.05, 0.1) is 11.1 Å². The maximum Gasteiger partial charge on any atom is 0.389 e. The second kappa shape index (κ2) is 4.80. The first-order chi connectivity index (χ1) is 8.92. The van der Waals surface area contributed by atoms with E-state index in [2.05, 4.69) is 4.98 Å². The van der Waals surface area contributed by atoms with Crippen LogP contribution in [0.25, 0.3) is 11.0 Å². The van der Waals surface area contributed by atoms with E-state index in [0.717, 1.165) is 0 Å². The van der Waals surface area contributed by atoms with Crippen LogP contribution < -0.4 is 5.73 Å². The predicted molar refractivity (Wildman–Crippen MR) is 64.1 cm³/mol. The van der Waals surface area contributed by atoms with Gasteiger partial charge in [-0.25, -0.2) is 4.98 Å². The third-order valence-electron chi connectivity index (χ3n) is 2.77. The molecule has 0 aliphatic carbocycles. The number of alkyl halides is 3. The van der Waals surface area contributed by atoms with E-state index in [1.165, 1.54) is 4.57 Å². The average molecular weight is 268 g/mol. The molecule has 0 bridgehead atoms. The standard InChI is InChI=1S/C12H11F3N4/c13-12(14,15)5-2-6-19-9-4-1-3-8(7-16)10(9)18-11(19)17/h1,3-4H,2,5-6H2,(H2,17,18). The van der Waals surface area contributed by atoms with Gasteiger partial charge in [0.2, 0.25) is 5.95 Å². The van der Waals surface area contributed by atoms with Gasteiger partial charge in [-0.15, -0.1) is 0 Å². The molecule has 0 saturated carbocycles. The van der Waals surface area contributed by atoms with Gasteiger partial charge in [0.15, 0.2) is 0 Å². The van der Waals surface area contributed by atoms with E-state index in [4.69, 9.17) is 11.0 Å². The largest absolute Gasteiger partial charge is 0.389 e. The lowest BCUT2D eigenvalue weighted by molar-refractivity contribution is -0.135. The summed E-state index contributed by atoms with van der Waals surface area (Å²) < 4.78 is 37.9. The third kappa shape index (κ3) is 2.78. The molecule has 0 saturated heterocycles. The fraction of sp³-hybridized carbons (Fsp3) is 0.333. The molecule has 0 aliphatic heterocycles. The van der Waals surface area contributed by atoms with E-state index in [9.17, 15) is 13.2 Å². The zero-order valence-corrected chi connectivity index (χ0v) is 9.91. The van der Waals surface area contributed by atoms with Crippen LogP contribution in [0.3, 0.4) is 0 Å². The van der Waals surface area contributed by atoms with Crippen LogP contribution >= 0.6 is 0 Å². The minimum Gasteiger partial charge on any atom is -0.369 e. The number of anilines is 1. The van der Waals surface area contributed by atoms with Crippen LogP contribution in [0.5, 0.6) is 0 Å². The zero-order valence-electron chi connectivity index (χ0n) is 9.91. The molecule has 2 N–H and O–H groups in total. The highest BCUT2D eigenvalue weighted by Crippen LogP contribution is 2.25. The summed E-state index contributed by atoms with van der Waals surface area (Å²) in [7, 11) is 0. The fourth-order valence-electron chi connectivity index (χ4n) is 1.93. The van der Waals surface area contributed by atoms with Crippen molar-refractivity contribution in [2.24, 2.45) is 0 Å². The van der Waals surface area contributed by atoms with Crippen molar-refractivity contribution in [1.29, 1.82) is 5.26 Å². The number of nitrogens with two attached hydrogens (primary N) is 1. The Morgan fingerprint density at radius 3 is 2.74 bits per heavy atom. The Kier molecular flexibility index (Phi) is 3.34. The number of imidazole rings is 1. The van der Waals surface area contributed by atoms with Crippen molar-refractivity contribution in [2.45, 2.75) is 25.6 Å². The topological polar surface area (TPSA) is 67.6 Å². The van der Waals surface area contributed by atoms with Crippen LogP contribution in [-0.4, -0.2) is 15.7 Å². The molecule has 0 fully saturated rings. The fourth-order valence-corrected chi connectivity index (χ4v) is 1.93. The Morgan fingerprint density at radius 1 is 1.37 bits per heavy atom. The van der Waals surface area contributed by atoms with E-state index in [-0.39, 0.29) is 18.9 Å². The molecule has 1 aromatic heterocycles. The summed E-state index contributed by atoms with van der Waals surface area (Å²) in [6.45, 7) is 0.122. The van der Waals surface area contributed by atoms with Crippen LogP contribution in [0.15, 0.2) is 18.2 Å². The number of nitrogens with zero attached hydrogens (tertiary/aromatic N) is 3. The molecule has 0 spiro atoms. The first-order valence-electron chi connectivity index (χ1n) is 5.64. The summed E-state index contributed by atoms with van der Waals surface area (Å²) >= 11 is 0. The molecule has 100 valence electrons. The molecular formula is C12H11F3N4. The zero-order chi connectivity index (χ0) is 14.0. The van der Waals surface area contributed by atoms with Crippen molar-refractivity contribution < 1.29 is 13.2 Å². The number of aromatic nitrogens is 2. The number of nitriles is 1. The van der Waals surface area contributed by atoms with Crippen LogP contribution in [0.2, 0.25) is 0 Å². The van der Waals surface area contributed by atoms with E-state index < -0.39 is 12.6 Å². The van der Waals surface area contributed by atoms with Crippen LogP contribution in [0, 0.1) is 11.3 Å². The number of nitrogen functional groups attached to an aromatic ring is 1. The highest BCUT2D eigenvalue weighted by Gasteiger charge is 2.26.